The SMILES string of the molecule is CCN(CCCO)c1cc(C(C)O)ccn1. The predicted molar refractivity (Wildman–Crippen MR) is 64.5 cm³/mol. The third kappa shape index (κ3) is 3.47. The van der Waals surface area contributed by atoms with Crippen molar-refractivity contribution in [2.24, 2.45) is 0 Å². The van der Waals surface area contributed by atoms with Crippen LogP contribution in [0.2, 0.25) is 0 Å². The van der Waals surface area contributed by atoms with Gasteiger partial charge in [0.05, 0.1) is 6.10 Å². The maximum atomic E-state index is 9.49. The highest BCUT2D eigenvalue weighted by atomic mass is 16.3. The van der Waals surface area contributed by atoms with Crippen LogP contribution in [0.1, 0.15) is 31.9 Å². The molecule has 0 aliphatic rings. The zero-order valence-electron chi connectivity index (χ0n) is 9.93. The molecular weight excluding hydrogens is 204 g/mol. The highest BCUT2D eigenvalue weighted by Crippen LogP contribution is 2.17. The van der Waals surface area contributed by atoms with E-state index >= 15 is 0 Å². The third-order valence-electron chi connectivity index (χ3n) is 2.54. The first-order chi connectivity index (χ1) is 7.69. The second-order valence-electron chi connectivity index (χ2n) is 3.78. The quantitative estimate of drug-likeness (QED) is 0.765. The molecule has 1 unspecified atom stereocenters. The molecule has 0 saturated heterocycles. The Bertz CT molecular complexity index is 316. The van der Waals surface area contributed by atoms with Gasteiger partial charge in [-0.3, -0.25) is 0 Å². The molecule has 0 amide bonds. The van der Waals surface area contributed by atoms with E-state index in [4.69, 9.17) is 5.11 Å². The Morgan fingerprint density at radius 1 is 1.50 bits per heavy atom. The zero-order valence-corrected chi connectivity index (χ0v) is 9.93. The van der Waals surface area contributed by atoms with Gasteiger partial charge in [-0.25, -0.2) is 4.98 Å². The lowest BCUT2D eigenvalue weighted by Gasteiger charge is -2.22. The number of hydrogen-bond donors (Lipinski definition) is 2. The largest absolute Gasteiger partial charge is 0.396 e. The van der Waals surface area contributed by atoms with Crippen molar-refractivity contribution in [3.8, 4) is 0 Å². The average molecular weight is 224 g/mol. The van der Waals surface area contributed by atoms with Crippen LogP contribution in [0.3, 0.4) is 0 Å². The molecule has 1 heterocycles. The van der Waals surface area contributed by atoms with Gasteiger partial charge in [0, 0.05) is 25.9 Å². The highest BCUT2D eigenvalue weighted by molar-refractivity contribution is 5.41. The average Bonchev–Trinajstić information content (AvgIpc) is 2.30. The van der Waals surface area contributed by atoms with Crippen LogP contribution in [-0.4, -0.2) is 34.9 Å². The molecule has 4 nitrogen and oxygen atoms in total. The summed E-state index contributed by atoms with van der Waals surface area (Å²) >= 11 is 0. The van der Waals surface area contributed by atoms with Gasteiger partial charge in [0.15, 0.2) is 0 Å². The summed E-state index contributed by atoms with van der Waals surface area (Å²) in [6.45, 7) is 5.60. The highest BCUT2D eigenvalue weighted by Gasteiger charge is 2.08. The van der Waals surface area contributed by atoms with Gasteiger partial charge in [-0.15, -0.1) is 0 Å². The van der Waals surface area contributed by atoms with E-state index in [2.05, 4.69) is 9.88 Å². The molecule has 1 atom stereocenters. The summed E-state index contributed by atoms with van der Waals surface area (Å²) in [5.41, 5.74) is 0.868. The van der Waals surface area contributed by atoms with Crippen molar-refractivity contribution in [1.82, 2.24) is 4.98 Å². The molecule has 0 aliphatic carbocycles. The monoisotopic (exact) mass is 224 g/mol. The van der Waals surface area contributed by atoms with Crippen LogP contribution in [0.5, 0.6) is 0 Å². The molecule has 0 spiro atoms. The van der Waals surface area contributed by atoms with Gasteiger partial charge in [-0.2, -0.15) is 0 Å². The lowest BCUT2D eigenvalue weighted by Crippen LogP contribution is -2.25. The Morgan fingerprint density at radius 3 is 2.81 bits per heavy atom. The van der Waals surface area contributed by atoms with E-state index in [0.717, 1.165) is 30.9 Å². The zero-order chi connectivity index (χ0) is 12.0. The number of aromatic nitrogens is 1. The number of nitrogens with zero attached hydrogens (tertiary/aromatic N) is 2. The second kappa shape index (κ2) is 6.45. The number of aliphatic hydroxyl groups excluding tert-OH is 2. The molecule has 0 saturated carbocycles. The first kappa shape index (κ1) is 12.9. The van der Waals surface area contributed by atoms with E-state index in [1.165, 1.54) is 0 Å². The summed E-state index contributed by atoms with van der Waals surface area (Å²) in [5, 5.41) is 18.3. The maximum absolute atomic E-state index is 9.49. The molecular formula is C12H20N2O2. The molecule has 0 aromatic carbocycles. The summed E-state index contributed by atoms with van der Waals surface area (Å²) in [7, 11) is 0. The smallest absolute Gasteiger partial charge is 0.128 e. The van der Waals surface area contributed by atoms with E-state index in [1.807, 2.05) is 19.1 Å². The van der Waals surface area contributed by atoms with Crippen molar-refractivity contribution in [3.05, 3.63) is 23.9 Å². The van der Waals surface area contributed by atoms with Crippen LogP contribution < -0.4 is 4.90 Å². The molecule has 0 aliphatic heterocycles. The molecule has 1 rings (SSSR count). The number of pyridine rings is 1. The van der Waals surface area contributed by atoms with E-state index in [0.29, 0.717) is 0 Å². The van der Waals surface area contributed by atoms with Crippen LogP contribution in [0.4, 0.5) is 5.82 Å². The van der Waals surface area contributed by atoms with Crippen molar-refractivity contribution in [2.75, 3.05) is 24.6 Å². The third-order valence-corrected chi connectivity index (χ3v) is 2.54. The van der Waals surface area contributed by atoms with E-state index in [1.54, 1.807) is 13.1 Å². The molecule has 1 aromatic heterocycles. The van der Waals surface area contributed by atoms with Gasteiger partial charge in [0.25, 0.3) is 0 Å². The van der Waals surface area contributed by atoms with Crippen molar-refractivity contribution in [2.45, 2.75) is 26.4 Å². The van der Waals surface area contributed by atoms with Gasteiger partial charge in [0.2, 0.25) is 0 Å². The topological polar surface area (TPSA) is 56.6 Å². The number of aliphatic hydroxyl groups is 2. The molecule has 4 heteroatoms. The van der Waals surface area contributed by atoms with Crippen LogP contribution in [-0.2, 0) is 0 Å². The lowest BCUT2D eigenvalue weighted by atomic mass is 10.1. The fourth-order valence-electron chi connectivity index (χ4n) is 1.56. The number of anilines is 1. The minimum atomic E-state index is -0.474. The van der Waals surface area contributed by atoms with Crippen LogP contribution >= 0.6 is 0 Å². The van der Waals surface area contributed by atoms with E-state index in [-0.39, 0.29) is 6.61 Å². The Morgan fingerprint density at radius 2 is 2.25 bits per heavy atom. The Balaban J connectivity index is 2.79. The maximum Gasteiger partial charge on any atom is 0.128 e. The van der Waals surface area contributed by atoms with Crippen LogP contribution in [0.25, 0.3) is 0 Å². The molecule has 0 radical (unpaired) electrons. The molecule has 2 N–H and O–H groups in total. The fraction of sp³-hybridized carbons (Fsp3) is 0.583. The molecule has 0 bridgehead atoms. The summed E-state index contributed by atoms with van der Waals surface area (Å²) in [6.07, 6.45) is 1.96. The van der Waals surface area contributed by atoms with Gasteiger partial charge < -0.3 is 15.1 Å². The summed E-state index contributed by atoms with van der Waals surface area (Å²) in [5.74, 6) is 0.856. The van der Waals surface area contributed by atoms with Crippen molar-refractivity contribution in [1.29, 1.82) is 0 Å². The Kier molecular flexibility index (Phi) is 5.22. The standard InChI is InChI=1S/C12H20N2O2/c1-3-14(7-4-8-15)12-9-11(10(2)16)5-6-13-12/h5-6,9-10,15-16H,3-4,7-8H2,1-2H3. The molecule has 1 aromatic rings. The molecule has 90 valence electrons. The Hall–Kier alpha value is -1.13. The number of rotatable bonds is 6. The molecule has 0 fully saturated rings. The van der Waals surface area contributed by atoms with Crippen molar-refractivity contribution in [3.63, 3.8) is 0 Å². The summed E-state index contributed by atoms with van der Waals surface area (Å²) in [6, 6.07) is 3.71. The van der Waals surface area contributed by atoms with Gasteiger partial charge >= 0.3 is 0 Å². The summed E-state index contributed by atoms with van der Waals surface area (Å²) in [4.78, 5) is 6.36. The van der Waals surface area contributed by atoms with Gasteiger partial charge in [-0.05, 0) is 38.0 Å². The Labute approximate surface area is 96.6 Å². The van der Waals surface area contributed by atoms with Crippen molar-refractivity contribution >= 4 is 5.82 Å². The van der Waals surface area contributed by atoms with Gasteiger partial charge in [0.1, 0.15) is 5.82 Å². The minimum Gasteiger partial charge on any atom is -0.396 e. The minimum absolute atomic E-state index is 0.187. The van der Waals surface area contributed by atoms with E-state index in [9.17, 15) is 5.11 Å². The lowest BCUT2D eigenvalue weighted by molar-refractivity contribution is 0.199. The normalized spacial score (nSPS) is 12.5. The first-order valence-corrected chi connectivity index (χ1v) is 5.68. The van der Waals surface area contributed by atoms with E-state index < -0.39 is 6.10 Å². The van der Waals surface area contributed by atoms with Crippen molar-refractivity contribution < 1.29 is 10.2 Å². The fourth-order valence-corrected chi connectivity index (χ4v) is 1.56. The second-order valence-corrected chi connectivity index (χ2v) is 3.78. The predicted octanol–water partition coefficient (Wildman–Crippen LogP) is 1.34. The number of hydrogen-bond acceptors (Lipinski definition) is 4. The molecule has 16 heavy (non-hydrogen) atoms. The van der Waals surface area contributed by atoms with Gasteiger partial charge in [-0.1, -0.05) is 0 Å². The summed E-state index contributed by atoms with van der Waals surface area (Å²) < 4.78 is 0. The van der Waals surface area contributed by atoms with Crippen LogP contribution in [0, 0.1) is 0 Å². The first-order valence-electron chi connectivity index (χ1n) is 5.68. The van der Waals surface area contributed by atoms with Crippen LogP contribution in [0.15, 0.2) is 18.3 Å².